The Morgan fingerprint density at radius 1 is 1.50 bits per heavy atom. The van der Waals surface area contributed by atoms with Crippen LogP contribution in [0.2, 0.25) is 0 Å². The maximum Gasteiger partial charge on any atom is 0.133 e. The summed E-state index contributed by atoms with van der Waals surface area (Å²) in [7, 11) is 0. The van der Waals surface area contributed by atoms with Crippen molar-refractivity contribution < 1.29 is 4.79 Å². The fourth-order valence-electron chi connectivity index (χ4n) is 2.23. The van der Waals surface area contributed by atoms with Crippen LogP contribution < -0.4 is 0 Å². The Labute approximate surface area is 92.2 Å². The van der Waals surface area contributed by atoms with Gasteiger partial charge in [0.1, 0.15) is 5.78 Å². The molecule has 0 aromatic carbocycles. The molecule has 2 atom stereocenters. The number of Topliss-reactive ketones (excluding diaryl/α,β-unsaturated/α-hetero) is 1. The molecule has 1 saturated carbocycles. The Kier molecular flexibility index (Phi) is 5.54. The lowest BCUT2D eigenvalue weighted by Crippen LogP contribution is -2.16. The molecule has 0 spiro atoms. The molecule has 0 aromatic heterocycles. The van der Waals surface area contributed by atoms with E-state index in [0.717, 1.165) is 44.9 Å². The van der Waals surface area contributed by atoms with Crippen LogP contribution >= 0.6 is 11.6 Å². The molecule has 1 rings (SSSR count). The van der Waals surface area contributed by atoms with Gasteiger partial charge in [0.05, 0.1) is 0 Å². The van der Waals surface area contributed by atoms with Gasteiger partial charge in [-0.1, -0.05) is 13.3 Å². The summed E-state index contributed by atoms with van der Waals surface area (Å²) in [6, 6.07) is 0. The highest BCUT2D eigenvalue weighted by Gasteiger charge is 2.19. The van der Waals surface area contributed by atoms with Gasteiger partial charge in [0, 0.05) is 18.2 Å². The van der Waals surface area contributed by atoms with Crippen molar-refractivity contribution in [3.8, 4) is 0 Å². The molecule has 2 heteroatoms. The molecule has 1 aliphatic rings. The Hall–Kier alpha value is -0.0400. The average Bonchev–Trinajstić information content (AvgIpc) is 2.15. The third kappa shape index (κ3) is 4.45. The van der Waals surface area contributed by atoms with Gasteiger partial charge < -0.3 is 0 Å². The van der Waals surface area contributed by atoms with Crippen molar-refractivity contribution in [1.82, 2.24) is 0 Å². The third-order valence-corrected chi connectivity index (χ3v) is 3.51. The lowest BCUT2D eigenvalue weighted by atomic mass is 9.85. The van der Waals surface area contributed by atoms with Crippen molar-refractivity contribution in [2.24, 2.45) is 5.92 Å². The van der Waals surface area contributed by atoms with Crippen molar-refractivity contribution >= 4 is 17.4 Å². The van der Waals surface area contributed by atoms with Gasteiger partial charge in [0.15, 0.2) is 0 Å². The second-order valence-corrected chi connectivity index (χ2v) is 5.08. The maximum absolute atomic E-state index is 11.2. The van der Waals surface area contributed by atoms with Crippen LogP contribution in [0.25, 0.3) is 0 Å². The van der Waals surface area contributed by atoms with Crippen LogP contribution in [0.15, 0.2) is 0 Å². The molecule has 0 heterocycles. The van der Waals surface area contributed by atoms with Gasteiger partial charge in [-0.25, -0.2) is 0 Å². The summed E-state index contributed by atoms with van der Waals surface area (Å²) in [6.45, 7) is 2.17. The van der Waals surface area contributed by atoms with Gasteiger partial charge >= 0.3 is 0 Å². The molecule has 82 valence electrons. The standard InChI is InChI=1S/C12H21ClO/c1-2-4-11(13)8-7-10-5-3-6-12(14)9-10/h10-11H,2-9H2,1H3. The minimum absolute atomic E-state index is 0.331. The van der Waals surface area contributed by atoms with Crippen LogP contribution in [0.1, 0.15) is 58.3 Å². The van der Waals surface area contributed by atoms with Gasteiger partial charge in [-0.05, 0) is 38.0 Å². The van der Waals surface area contributed by atoms with Gasteiger partial charge in [-0.15, -0.1) is 11.6 Å². The summed E-state index contributed by atoms with van der Waals surface area (Å²) in [5.41, 5.74) is 0. The first-order valence-corrected chi connectivity index (χ1v) is 6.31. The molecule has 2 unspecified atom stereocenters. The molecule has 14 heavy (non-hydrogen) atoms. The minimum Gasteiger partial charge on any atom is -0.300 e. The van der Waals surface area contributed by atoms with Crippen molar-refractivity contribution in [2.45, 2.75) is 63.7 Å². The Balaban J connectivity index is 2.13. The molecule has 0 radical (unpaired) electrons. The molecular formula is C12H21ClO. The molecule has 1 aliphatic carbocycles. The predicted octanol–water partition coefficient (Wildman–Crippen LogP) is 3.93. The van der Waals surface area contributed by atoms with E-state index in [1.165, 1.54) is 6.42 Å². The van der Waals surface area contributed by atoms with Gasteiger partial charge in [0.25, 0.3) is 0 Å². The first-order chi connectivity index (χ1) is 6.72. The van der Waals surface area contributed by atoms with Gasteiger partial charge in [0.2, 0.25) is 0 Å². The molecule has 0 aromatic rings. The topological polar surface area (TPSA) is 17.1 Å². The SMILES string of the molecule is CCCC(Cl)CCC1CCCC(=O)C1. The number of hydrogen-bond donors (Lipinski definition) is 0. The monoisotopic (exact) mass is 216 g/mol. The molecule has 1 fully saturated rings. The second kappa shape index (κ2) is 6.44. The summed E-state index contributed by atoms with van der Waals surface area (Å²) >= 11 is 6.15. The predicted molar refractivity (Wildman–Crippen MR) is 60.7 cm³/mol. The largest absolute Gasteiger partial charge is 0.300 e. The van der Waals surface area contributed by atoms with E-state index in [0.29, 0.717) is 17.1 Å². The van der Waals surface area contributed by atoms with Crippen LogP contribution in [0.4, 0.5) is 0 Å². The number of halogens is 1. The zero-order chi connectivity index (χ0) is 10.4. The van der Waals surface area contributed by atoms with E-state index in [9.17, 15) is 4.79 Å². The smallest absolute Gasteiger partial charge is 0.133 e. The molecule has 1 nitrogen and oxygen atoms in total. The Morgan fingerprint density at radius 2 is 2.29 bits per heavy atom. The van der Waals surface area contributed by atoms with Crippen LogP contribution in [0, 0.1) is 5.92 Å². The van der Waals surface area contributed by atoms with E-state index in [4.69, 9.17) is 11.6 Å². The number of hydrogen-bond acceptors (Lipinski definition) is 1. The van der Waals surface area contributed by atoms with Crippen LogP contribution in [0.5, 0.6) is 0 Å². The van der Waals surface area contributed by atoms with E-state index in [2.05, 4.69) is 6.92 Å². The van der Waals surface area contributed by atoms with E-state index in [-0.39, 0.29) is 0 Å². The minimum atomic E-state index is 0.331. The highest BCUT2D eigenvalue weighted by Crippen LogP contribution is 2.27. The van der Waals surface area contributed by atoms with E-state index in [1.54, 1.807) is 0 Å². The van der Waals surface area contributed by atoms with Crippen molar-refractivity contribution in [2.75, 3.05) is 0 Å². The van der Waals surface area contributed by atoms with Gasteiger partial charge in [-0.3, -0.25) is 4.79 Å². The van der Waals surface area contributed by atoms with E-state index >= 15 is 0 Å². The number of ketones is 1. The van der Waals surface area contributed by atoms with E-state index in [1.807, 2.05) is 0 Å². The Bertz CT molecular complexity index is 179. The van der Waals surface area contributed by atoms with Crippen molar-refractivity contribution in [1.29, 1.82) is 0 Å². The Morgan fingerprint density at radius 3 is 2.93 bits per heavy atom. The molecule has 0 N–H and O–H groups in total. The average molecular weight is 217 g/mol. The molecule has 0 bridgehead atoms. The van der Waals surface area contributed by atoms with Crippen LogP contribution in [0.3, 0.4) is 0 Å². The van der Waals surface area contributed by atoms with E-state index < -0.39 is 0 Å². The maximum atomic E-state index is 11.2. The van der Waals surface area contributed by atoms with Crippen molar-refractivity contribution in [3.63, 3.8) is 0 Å². The summed E-state index contributed by atoms with van der Waals surface area (Å²) in [6.07, 6.45) is 8.49. The van der Waals surface area contributed by atoms with Crippen molar-refractivity contribution in [3.05, 3.63) is 0 Å². The lowest BCUT2D eigenvalue weighted by molar-refractivity contribution is -0.121. The highest BCUT2D eigenvalue weighted by molar-refractivity contribution is 6.20. The first kappa shape index (κ1) is 12.0. The summed E-state index contributed by atoms with van der Waals surface area (Å²) in [4.78, 5) is 11.2. The zero-order valence-electron chi connectivity index (χ0n) is 9.10. The number of rotatable bonds is 5. The number of alkyl halides is 1. The fourth-order valence-corrected chi connectivity index (χ4v) is 2.58. The summed E-state index contributed by atoms with van der Waals surface area (Å²) < 4.78 is 0. The van der Waals surface area contributed by atoms with Gasteiger partial charge in [-0.2, -0.15) is 0 Å². The normalized spacial score (nSPS) is 25.0. The number of carbonyl (C=O) groups excluding carboxylic acids is 1. The second-order valence-electron chi connectivity index (χ2n) is 4.46. The summed E-state index contributed by atoms with van der Waals surface area (Å²) in [5.74, 6) is 1.09. The van der Waals surface area contributed by atoms with Crippen LogP contribution in [-0.4, -0.2) is 11.2 Å². The first-order valence-electron chi connectivity index (χ1n) is 5.88. The molecule has 0 saturated heterocycles. The highest BCUT2D eigenvalue weighted by atomic mass is 35.5. The van der Waals surface area contributed by atoms with Crippen LogP contribution in [-0.2, 0) is 4.79 Å². The molecule has 0 aliphatic heterocycles. The zero-order valence-corrected chi connectivity index (χ0v) is 9.85. The fraction of sp³-hybridized carbons (Fsp3) is 0.917. The molecular weight excluding hydrogens is 196 g/mol. The summed E-state index contributed by atoms with van der Waals surface area (Å²) in [5, 5.41) is 0.331. The lowest BCUT2D eigenvalue weighted by Gasteiger charge is -2.21. The quantitative estimate of drug-likeness (QED) is 0.637. The third-order valence-electron chi connectivity index (χ3n) is 3.07. The number of carbonyl (C=O) groups is 1. The molecule has 0 amide bonds.